The Hall–Kier alpha value is -1.77. The Kier molecular flexibility index (Phi) is 2.04. The van der Waals surface area contributed by atoms with Crippen LogP contribution in [0, 0.1) is 0 Å². The molecule has 3 nitrogen and oxygen atoms in total. The molecule has 1 aromatic heterocycles. The van der Waals surface area contributed by atoms with Crippen molar-refractivity contribution in [1.82, 2.24) is 9.78 Å². The number of nitrogens with zero attached hydrogens (tertiary/aromatic N) is 2. The number of hydrogen-bond donors (Lipinski definition) is 0. The highest BCUT2D eigenvalue weighted by Gasteiger charge is 2.26. The summed E-state index contributed by atoms with van der Waals surface area (Å²) < 4.78 is 7.51. The van der Waals surface area contributed by atoms with Crippen molar-refractivity contribution in [2.24, 2.45) is 0 Å². The van der Waals surface area contributed by atoms with Gasteiger partial charge in [0, 0.05) is 17.5 Å². The lowest BCUT2D eigenvalue weighted by Crippen LogP contribution is -2.01. The van der Waals surface area contributed by atoms with Crippen LogP contribution in [-0.4, -0.2) is 16.9 Å². The predicted molar refractivity (Wildman–Crippen MR) is 71.7 cm³/mol. The van der Waals surface area contributed by atoms with Gasteiger partial charge in [-0.2, -0.15) is 5.10 Å². The Morgan fingerprint density at radius 3 is 3.00 bits per heavy atom. The highest BCUT2D eigenvalue weighted by atomic mass is 16.5. The molecular formula is C15H16N2O. The number of hydrogen-bond acceptors (Lipinski definition) is 2. The van der Waals surface area contributed by atoms with Gasteiger partial charge >= 0.3 is 0 Å². The van der Waals surface area contributed by atoms with Crippen molar-refractivity contribution in [3.05, 3.63) is 29.5 Å². The number of allylic oxidation sites excluding steroid dienone is 2. The van der Waals surface area contributed by atoms with Gasteiger partial charge in [0.2, 0.25) is 0 Å². The van der Waals surface area contributed by atoms with Gasteiger partial charge in [-0.1, -0.05) is 0 Å². The van der Waals surface area contributed by atoms with Crippen molar-refractivity contribution >= 4 is 16.6 Å². The third kappa shape index (κ3) is 1.27. The number of fused-ring (bicyclic) bond motifs is 4. The van der Waals surface area contributed by atoms with E-state index in [0.29, 0.717) is 0 Å². The van der Waals surface area contributed by atoms with E-state index in [9.17, 15) is 0 Å². The molecule has 0 unspecified atom stereocenters. The van der Waals surface area contributed by atoms with Crippen molar-refractivity contribution in [3.63, 3.8) is 0 Å². The lowest BCUT2D eigenvalue weighted by Gasteiger charge is -2.13. The molecule has 92 valence electrons. The van der Waals surface area contributed by atoms with Gasteiger partial charge in [-0.3, -0.25) is 0 Å². The third-order valence-corrected chi connectivity index (χ3v) is 4.16. The van der Waals surface area contributed by atoms with E-state index < -0.39 is 0 Å². The van der Waals surface area contributed by atoms with Crippen LogP contribution in [0.5, 0.6) is 5.75 Å². The van der Waals surface area contributed by atoms with E-state index in [2.05, 4.69) is 16.8 Å². The number of benzene rings is 1. The molecular weight excluding hydrogens is 224 g/mol. The van der Waals surface area contributed by atoms with Crippen LogP contribution >= 0.6 is 0 Å². The van der Waals surface area contributed by atoms with Crippen molar-refractivity contribution in [2.75, 3.05) is 7.11 Å². The Bertz CT molecular complexity index is 666. The molecule has 0 radical (unpaired) electrons. The number of methoxy groups -OCH3 is 1. The summed E-state index contributed by atoms with van der Waals surface area (Å²) >= 11 is 0. The van der Waals surface area contributed by atoms with Gasteiger partial charge in [-0.05, 0) is 49.5 Å². The van der Waals surface area contributed by atoms with Crippen LogP contribution < -0.4 is 4.74 Å². The second-order valence-corrected chi connectivity index (χ2v) is 5.18. The molecule has 2 heterocycles. The van der Waals surface area contributed by atoms with Crippen LogP contribution in [0.3, 0.4) is 0 Å². The average molecular weight is 240 g/mol. The molecule has 0 amide bonds. The minimum absolute atomic E-state index is 0.920. The van der Waals surface area contributed by atoms with Crippen LogP contribution in [0.25, 0.3) is 16.6 Å². The normalized spacial score (nSPS) is 18.1. The number of ether oxygens (including phenoxy) is 1. The second-order valence-electron chi connectivity index (χ2n) is 5.18. The SMILES string of the molecule is COc1ccc2nn3c(c2c1)CC1=C3CCCC1. The van der Waals surface area contributed by atoms with Gasteiger partial charge in [0.1, 0.15) is 5.75 Å². The molecule has 4 rings (SSSR count). The summed E-state index contributed by atoms with van der Waals surface area (Å²) in [6, 6.07) is 6.16. The summed E-state index contributed by atoms with van der Waals surface area (Å²) in [6.07, 6.45) is 6.17. The minimum atomic E-state index is 0.920. The lowest BCUT2D eigenvalue weighted by molar-refractivity contribution is 0.415. The first-order valence-corrected chi connectivity index (χ1v) is 6.64. The molecule has 0 fully saturated rings. The molecule has 1 aromatic carbocycles. The third-order valence-electron chi connectivity index (χ3n) is 4.16. The van der Waals surface area contributed by atoms with Crippen molar-refractivity contribution in [3.8, 4) is 5.75 Å². The van der Waals surface area contributed by atoms with Gasteiger partial charge in [0.05, 0.1) is 18.3 Å². The quantitative estimate of drug-likeness (QED) is 0.764. The Balaban J connectivity index is 1.92. The van der Waals surface area contributed by atoms with Crippen molar-refractivity contribution < 1.29 is 4.74 Å². The first-order chi connectivity index (χ1) is 8.86. The maximum Gasteiger partial charge on any atom is 0.119 e. The largest absolute Gasteiger partial charge is 0.497 e. The standard InChI is InChI=1S/C15H16N2O/c1-18-11-6-7-13-12(9-11)15-8-10-4-2-3-5-14(10)17(15)16-13/h6-7,9H,2-5,8H2,1H3. The first-order valence-electron chi connectivity index (χ1n) is 6.64. The lowest BCUT2D eigenvalue weighted by atomic mass is 9.95. The van der Waals surface area contributed by atoms with Crippen LogP contribution in [0.1, 0.15) is 31.4 Å². The highest BCUT2D eigenvalue weighted by Crippen LogP contribution is 2.39. The number of rotatable bonds is 1. The smallest absolute Gasteiger partial charge is 0.119 e. The molecule has 0 N–H and O–H groups in total. The molecule has 0 bridgehead atoms. The van der Waals surface area contributed by atoms with Gasteiger partial charge in [0.25, 0.3) is 0 Å². The zero-order valence-corrected chi connectivity index (χ0v) is 10.6. The highest BCUT2D eigenvalue weighted by molar-refractivity contribution is 5.86. The van der Waals surface area contributed by atoms with Crippen LogP contribution in [0.2, 0.25) is 0 Å². The van der Waals surface area contributed by atoms with Gasteiger partial charge in [-0.25, -0.2) is 4.68 Å². The van der Waals surface area contributed by atoms with E-state index in [1.807, 2.05) is 6.07 Å². The van der Waals surface area contributed by atoms with Gasteiger partial charge < -0.3 is 4.74 Å². The molecule has 2 aliphatic rings. The first kappa shape index (κ1) is 10.2. The fourth-order valence-electron chi connectivity index (χ4n) is 3.24. The summed E-state index contributed by atoms with van der Waals surface area (Å²) in [6.45, 7) is 0. The molecule has 1 aliphatic carbocycles. The van der Waals surface area contributed by atoms with Crippen LogP contribution in [0.15, 0.2) is 23.8 Å². The summed E-state index contributed by atoms with van der Waals surface area (Å²) in [5, 5.41) is 6.01. The second kappa shape index (κ2) is 3.61. The Labute approximate surface area is 106 Å². The van der Waals surface area contributed by atoms with E-state index in [1.54, 1.807) is 12.7 Å². The molecule has 0 saturated carbocycles. The van der Waals surface area contributed by atoms with Gasteiger partial charge in [0.15, 0.2) is 0 Å². The summed E-state index contributed by atoms with van der Waals surface area (Å²) in [5.41, 5.74) is 5.51. The van der Waals surface area contributed by atoms with Crippen molar-refractivity contribution in [1.29, 1.82) is 0 Å². The molecule has 0 saturated heterocycles. The summed E-state index contributed by atoms with van der Waals surface area (Å²) in [5.74, 6) is 0.920. The van der Waals surface area contributed by atoms with Gasteiger partial charge in [-0.15, -0.1) is 0 Å². The van der Waals surface area contributed by atoms with Crippen LogP contribution in [0.4, 0.5) is 0 Å². The minimum Gasteiger partial charge on any atom is -0.497 e. The molecule has 3 heteroatoms. The molecule has 0 atom stereocenters. The fraction of sp³-hybridized carbons (Fsp3) is 0.400. The Morgan fingerprint density at radius 2 is 2.11 bits per heavy atom. The zero-order valence-electron chi connectivity index (χ0n) is 10.6. The summed E-state index contributed by atoms with van der Waals surface area (Å²) in [4.78, 5) is 0. The molecule has 2 aromatic rings. The van der Waals surface area contributed by atoms with E-state index in [4.69, 9.17) is 9.84 Å². The zero-order chi connectivity index (χ0) is 12.1. The predicted octanol–water partition coefficient (Wildman–Crippen LogP) is 3.39. The van der Waals surface area contributed by atoms with E-state index >= 15 is 0 Å². The fourth-order valence-corrected chi connectivity index (χ4v) is 3.24. The maximum atomic E-state index is 5.32. The molecule has 18 heavy (non-hydrogen) atoms. The average Bonchev–Trinajstić information content (AvgIpc) is 2.94. The molecule has 0 spiro atoms. The topological polar surface area (TPSA) is 27.1 Å². The van der Waals surface area contributed by atoms with E-state index in [0.717, 1.165) is 17.7 Å². The molecule has 1 aliphatic heterocycles. The van der Waals surface area contributed by atoms with E-state index in [1.165, 1.54) is 42.5 Å². The van der Waals surface area contributed by atoms with Crippen molar-refractivity contribution in [2.45, 2.75) is 32.1 Å². The summed E-state index contributed by atoms with van der Waals surface area (Å²) in [7, 11) is 1.72. The number of aromatic nitrogens is 2. The van der Waals surface area contributed by atoms with Crippen LogP contribution in [-0.2, 0) is 6.42 Å². The maximum absolute atomic E-state index is 5.32. The Morgan fingerprint density at radius 1 is 1.22 bits per heavy atom. The van der Waals surface area contributed by atoms with E-state index in [-0.39, 0.29) is 0 Å². The monoisotopic (exact) mass is 240 g/mol.